The lowest BCUT2D eigenvalue weighted by Crippen LogP contribution is -2.46. The van der Waals surface area contributed by atoms with Gasteiger partial charge in [0.05, 0.1) is 6.10 Å². The molecule has 2 aliphatic rings. The Kier molecular flexibility index (Phi) is 7.85. The highest BCUT2D eigenvalue weighted by atomic mass is 28.4. The van der Waals surface area contributed by atoms with Crippen molar-refractivity contribution in [3.05, 3.63) is 0 Å². The van der Waals surface area contributed by atoms with Crippen LogP contribution in [0.3, 0.4) is 0 Å². The van der Waals surface area contributed by atoms with E-state index in [-0.39, 0.29) is 6.10 Å². The van der Waals surface area contributed by atoms with E-state index in [9.17, 15) is 0 Å². The molecule has 2 saturated heterocycles. The Balaban J connectivity index is 0.000000262. The van der Waals surface area contributed by atoms with Crippen LogP contribution in [-0.4, -0.2) is 51.8 Å². The van der Waals surface area contributed by atoms with Crippen molar-refractivity contribution in [2.75, 3.05) is 26.2 Å². The van der Waals surface area contributed by atoms with E-state index in [1.165, 1.54) is 12.8 Å². The van der Waals surface area contributed by atoms with Gasteiger partial charge in [-0.25, -0.2) is 0 Å². The maximum Gasteiger partial charge on any atom is 0.192 e. The molecule has 0 aromatic carbocycles. The molecule has 2 aliphatic heterocycles. The number of hydrogen-bond donors (Lipinski definition) is 3. The average molecular weight is 317 g/mol. The topological polar surface area (TPSA) is 53.5 Å². The monoisotopic (exact) mass is 316 g/mol. The molecule has 4 nitrogen and oxygen atoms in total. The smallest absolute Gasteiger partial charge is 0.192 e. The molecule has 0 aromatic heterocycles. The molecular weight excluding hydrogens is 280 g/mol. The summed E-state index contributed by atoms with van der Waals surface area (Å²) in [5.74, 6) is 0. The van der Waals surface area contributed by atoms with Crippen LogP contribution in [0.2, 0.25) is 18.1 Å². The summed E-state index contributed by atoms with van der Waals surface area (Å²) >= 11 is 0. The molecule has 3 N–H and O–H groups in total. The lowest BCUT2D eigenvalue weighted by molar-refractivity contribution is 0.137. The third kappa shape index (κ3) is 7.24. The molecule has 0 radical (unpaired) electrons. The minimum atomic E-state index is -1.52. The fraction of sp³-hybridized carbons (Fsp3) is 1.00. The molecule has 126 valence electrons. The third-order valence-corrected chi connectivity index (χ3v) is 9.40. The molecule has 0 amide bonds. The van der Waals surface area contributed by atoms with Crippen LogP contribution >= 0.6 is 0 Å². The van der Waals surface area contributed by atoms with Gasteiger partial charge in [-0.2, -0.15) is 0 Å². The molecule has 0 bridgehead atoms. The molecule has 5 heteroatoms. The van der Waals surface area contributed by atoms with Crippen molar-refractivity contribution in [2.24, 2.45) is 0 Å². The van der Waals surface area contributed by atoms with Gasteiger partial charge in [0.15, 0.2) is 8.32 Å². The first-order valence-corrected chi connectivity index (χ1v) is 11.4. The minimum absolute atomic E-state index is 0.0266. The van der Waals surface area contributed by atoms with Gasteiger partial charge < -0.3 is 20.2 Å². The van der Waals surface area contributed by atoms with E-state index in [0.717, 1.165) is 39.0 Å². The highest BCUT2D eigenvalue weighted by molar-refractivity contribution is 6.74. The third-order valence-electron chi connectivity index (χ3n) is 4.86. The highest BCUT2D eigenvalue weighted by Gasteiger charge is 2.39. The van der Waals surface area contributed by atoms with Gasteiger partial charge >= 0.3 is 0 Å². The van der Waals surface area contributed by atoms with Crippen molar-refractivity contribution in [3.8, 4) is 0 Å². The van der Waals surface area contributed by atoms with E-state index in [2.05, 4.69) is 44.5 Å². The first kappa shape index (κ1) is 19.1. The van der Waals surface area contributed by atoms with Crippen molar-refractivity contribution in [1.82, 2.24) is 10.6 Å². The van der Waals surface area contributed by atoms with Gasteiger partial charge in [-0.05, 0) is 70.0 Å². The van der Waals surface area contributed by atoms with E-state index in [1.54, 1.807) is 0 Å². The Hall–Kier alpha value is 0.0569. The van der Waals surface area contributed by atoms with Crippen molar-refractivity contribution in [2.45, 2.75) is 76.8 Å². The van der Waals surface area contributed by atoms with Crippen molar-refractivity contribution in [1.29, 1.82) is 0 Å². The van der Waals surface area contributed by atoms with E-state index < -0.39 is 8.32 Å². The van der Waals surface area contributed by atoms with Gasteiger partial charge in [-0.15, -0.1) is 0 Å². The quantitative estimate of drug-likeness (QED) is 0.685. The maximum atomic E-state index is 8.87. The van der Waals surface area contributed by atoms with Gasteiger partial charge in [0, 0.05) is 6.10 Å². The Morgan fingerprint density at radius 1 is 0.905 bits per heavy atom. The van der Waals surface area contributed by atoms with Crippen LogP contribution in [0.4, 0.5) is 0 Å². The first-order chi connectivity index (χ1) is 9.72. The summed E-state index contributed by atoms with van der Waals surface area (Å²) in [6, 6.07) is 0. The molecule has 2 heterocycles. The number of rotatable bonds is 2. The summed E-state index contributed by atoms with van der Waals surface area (Å²) in [4.78, 5) is 0. The number of hydrogen-bond acceptors (Lipinski definition) is 4. The Bertz CT molecular complexity index is 280. The zero-order chi connectivity index (χ0) is 15.9. The predicted molar refractivity (Wildman–Crippen MR) is 92.3 cm³/mol. The second-order valence-corrected chi connectivity index (χ2v) is 12.6. The van der Waals surface area contributed by atoms with Gasteiger partial charge in [-0.3, -0.25) is 0 Å². The molecule has 0 unspecified atom stereocenters. The Morgan fingerprint density at radius 2 is 1.33 bits per heavy atom. The zero-order valence-corrected chi connectivity index (χ0v) is 15.7. The predicted octanol–water partition coefficient (Wildman–Crippen LogP) is 2.49. The SMILES string of the molecule is CC(C)(C)[Si](C)(C)OC1CCNCC1.OC1CCNCC1. The normalized spacial score (nSPS) is 22.6. The lowest BCUT2D eigenvalue weighted by atomic mass is 10.1. The van der Waals surface area contributed by atoms with Crippen LogP contribution in [0.25, 0.3) is 0 Å². The maximum absolute atomic E-state index is 8.87. The van der Waals surface area contributed by atoms with E-state index in [0.29, 0.717) is 11.1 Å². The molecule has 2 rings (SSSR count). The molecule has 0 atom stereocenters. The Morgan fingerprint density at radius 3 is 1.67 bits per heavy atom. The number of aliphatic hydroxyl groups is 1. The summed E-state index contributed by atoms with van der Waals surface area (Å²) in [6.07, 6.45) is 4.72. The molecule has 21 heavy (non-hydrogen) atoms. The minimum Gasteiger partial charge on any atom is -0.414 e. The summed E-state index contributed by atoms with van der Waals surface area (Å²) in [5, 5.41) is 15.7. The summed E-state index contributed by atoms with van der Waals surface area (Å²) in [7, 11) is -1.52. The molecule has 0 saturated carbocycles. The second kappa shape index (κ2) is 8.63. The summed E-state index contributed by atoms with van der Waals surface area (Å²) < 4.78 is 6.34. The van der Waals surface area contributed by atoms with Gasteiger partial charge in [-0.1, -0.05) is 20.8 Å². The van der Waals surface area contributed by atoms with Crippen LogP contribution in [0.1, 0.15) is 46.5 Å². The van der Waals surface area contributed by atoms with Crippen LogP contribution in [0, 0.1) is 0 Å². The summed E-state index contributed by atoms with van der Waals surface area (Å²) in [5.41, 5.74) is 0. The van der Waals surface area contributed by atoms with Crippen molar-refractivity contribution >= 4 is 8.32 Å². The van der Waals surface area contributed by atoms with Gasteiger partial charge in [0.25, 0.3) is 0 Å². The van der Waals surface area contributed by atoms with Gasteiger partial charge in [0.2, 0.25) is 0 Å². The zero-order valence-electron chi connectivity index (χ0n) is 14.7. The van der Waals surface area contributed by atoms with E-state index in [4.69, 9.17) is 9.53 Å². The summed E-state index contributed by atoms with van der Waals surface area (Å²) in [6.45, 7) is 15.8. The molecule has 0 spiro atoms. The molecule has 0 aliphatic carbocycles. The van der Waals surface area contributed by atoms with Crippen LogP contribution in [-0.2, 0) is 4.43 Å². The first-order valence-electron chi connectivity index (χ1n) is 8.50. The number of piperidine rings is 2. The van der Waals surface area contributed by atoms with Crippen LogP contribution in [0.5, 0.6) is 0 Å². The average Bonchev–Trinajstić information content (AvgIpc) is 2.39. The van der Waals surface area contributed by atoms with Crippen molar-refractivity contribution < 1.29 is 9.53 Å². The number of aliphatic hydroxyl groups excluding tert-OH is 1. The van der Waals surface area contributed by atoms with Crippen LogP contribution in [0.15, 0.2) is 0 Å². The number of nitrogens with one attached hydrogen (secondary N) is 2. The lowest BCUT2D eigenvalue weighted by Gasteiger charge is -2.40. The van der Waals surface area contributed by atoms with Crippen LogP contribution < -0.4 is 10.6 Å². The highest BCUT2D eigenvalue weighted by Crippen LogP contribution is 2.38. The van der Waals surface area contributed by atoms with Gasteiger partial charge in [0.1, 0.15) is 0 Å². The molecule has 2 fully saturated rings. The molecular formula is C16H36N2O2Si. The molecule has 0 aromatic rings. The second-order valence-electron chi connectivity index (χ2n) is 7.81. The largest absolute Gasteiger partial charge is 0.414 e. The fourth-order valence-electron chi connectivity index (χ4n) is 2.31. The van der Waals surface area contributed by atoms with E-state index in [1.807, 2.05) is 0 Å². The van der Waals surface area contributed by atoms with Crippen molar-refractivity contribution in [3.63, 3.8) is 0 Å². The van der Waals surface area contributed by atoms with E-state index >= 15 is 0 Å². The standard InChI is InChI=1S/C11H25NOSi.C5H11NO/c1-11(2,3)14(4,5)13-10-6-8-12-9-7-10;7-5-1-3-6-4-2-5/h10,12H,6-9H2,1-5H3;5-7H,1-4H2. The fourth-order valence-corrected chi connectivity index (χ4v) is 3.74. The Labute approximate surface area is 132 Å².